The molecule has 10 heteroatoms. The van der Waals surface area contributed by atoms with E-state index in [4.69, 9.17) is 13.9 Å². The van der Waals surface area contributed by atoms with Crippen molar-refractivity contribution in [2.75, 3.05) is 24.8 Å². The van der Waals surface area contributed by atoms with E-state index in [9.17, 15) is 14.4 Å². The zero-order chi connectivity index (χ0) is 21.1. The van der Waals surface area contributed by atoms with Crippen molar-refractivity contribution < 1.29 is 28.3 Å². The molecule has 2 aromatic heterocycles. The molecule has 0 unspecified atom stereocenters. The average Bonchev–Trinajstić information content (AvgIpc) is 3.44. The predicted octanol–water partition coefficient (Wildman–Crippen LogP) is 3.44. The van der Waals surface area contributed by atoms with Gasteiger partial charge in [-0.2, -0.15) is 0 Å². The van der Waals surface area contributed by atoms with Crippen LogP contribution in [-0.4, -0.2) is 42.3 Å². The summed E-state index contributed by atoms with van der Waals surface area (Å²) >= 11 is 2.46. The highest BCUT2D eigenvalue weighted by Crippen LogP contribution is 2.39. The summed E-state index contributed by atoms with van der Waals surface area (Å²) in [6.45, 7) is -0.448. The topological polar surface area (TPSA) is 108 Å². The average molecular weight is 447 g/mol. The van der Waals surface area contributed by atoms with E-state index in [2.05, 4.69) is 10.3 Å². The molecule has 0 saturated carbocycles. The molecule has 0 spiro atoms. The summed E-state index contributed by atoms with van der Waals surface area (Å²) in [5.41, 5.74) is 2.68. The van der Waals surface area contributed by atoms with E-state index in [0.717, 1.165) is 41.5 Å². The summed E-state index contributed by atoms with van der Waals surface area (Å²) in [7, 11) is 1.31. The van der Waals surface area contributed by atoms with Crippen LogP contribution in [0.25, 0.3) is 11.1 Å². The molecular formula is C20H18N2O6S2. The number of thioether (sulfide) groups is 1. The lowest BCUT2D eigenvalue weighted by Crippen LogP contribution is -2.22. The highest BCUT2D eigenvalue weighted by molar-refractivity contribution is 7.99. The summed E-state index contributed by atoms with van der Waals surface area (Å²) in [6, 6.07) is 7.29. The van der Waals surface area contributed by atoms with Gasteiger partial charge in [-0.05, 0) is 37.0 Å². The third-order valence-electron chi connectivity index (χ3n) is 4.52. The summed E-state index contributed by atoms with van der Waals surface area (Å²) in [5.74, 6) is -1.60. The zero-order valence-electron chi connectivity index (χ0n) is 16.1. The maximum absolute atomic E-state index is 12.2. The van der Waals surface area contributed by atoms with Gasteiger partial charge in [0.25, 0.3) is 11.1 Å². The molecule has 1 aliphatic carbocycles. The number of hydrogen-bond donors (Lipinski definition) is 1. The predicted molar refractivity (Wildman–Crippen MR) is 112 cm³/mol. The molecule has 0 aliphatic heterocycles. The quantitative estimate of drug-likeness (QED) is 0.434. The number of benzene rings is 1. The molecule has 2 heterocycles. The van der Waals surface area contributed by atoms with Crippen LogP contribution in [0.4, 0.5) is 5.00 Å². The van der Waals surface area contributed by atoms with E-state index in [1.54, 1.807) is 6.07 Å². The highest BCUT2D eigenvalue weighted by Gasteiger charge is 2.28. The number of aromatic nitrogens is 1. The van der Waals surface area contributed by atoms with Gasteiger partial charge in [-0.3, -0.25) is 9.59 Å². The Kier molecular flexibility index (Phi) is 6.05. The van der Waals surface area contributed by atoms with Crippen LogP contribution >= 0.6 is 23.1 Å². The molecule has 3 aromatic rings. The number of fused-ring (bicyclic) bond motifs is 2. The summed E-state index contributed by atoms with van der Waals surface area (Å²) in [6.07, 6.45) is 2.64. The second kappa shape index (κ2) is 8.88. The van der Waals surface area contributed by atoms with Crippen LogP contribution in [0.1, 0.15) is 27.2 Å². The van der Waals surface area contributed by atoms with E-state index >= 15 is 0 Å². The number of nitrogens with zero attached hydrogens (tertiary/aromatic N) is 1. The molecule has 156 valence electrons. The van der Waals surface area contributed by atoms with E-state index in [0.29, 0.717) is 26.9 Å². The molecule has 4 rings (SSSR count). The highest BCUT2D eigenvalue weighted by atomic mass is 32.2. The number of aryl methyl sites for hydroxylation is 1. The number of oxazole rings is 1. The number of esters is 2. The summed E-state index contributed by atoms with van der Waals surface area (Å²) in [5, 5.41) is 3.46. The van der Waals surface area contributed by atoms with Crippen molar-refractivity contribution in [2.24, 2.45) is 0 Å². The maximum Gasteiger partial charge on any atom is 0.341 e. The Morgan fingerprint density at radius 3 is 2.90 bits per heavy atom. The second-order valence-corrected chi connectivity index (χ2v) is 8.53. The molecule has 0 radical (unpaired) electrons. The molecule has 1 amide bonds. The van der Waals surface area contributed by atoms with E-state index in [-0.39, 0.29) is 5.75 Å². The summed E-state index contributed by atoms with van der Waals surface area (Å²) in [4.78, 5) is 41.6. The SMILES string of the molecule is COC(=O)c1c(NC(=O)COC(=O)CSc2nc3ccccc3o2)sc2c1CCC2. The minimum absolute atomic E-state index is 0.0409. The molecule has 1 aliphatic rings. The Hall–Kier alpha value is -2.85. The van der Waals surface area contributed by atoms with Gasteiger partial charge >= 0.3 is 11.9 Å². The van der Waals surface area contributed by atoms with Crippen LogP contribution in [-0.2, 0) is 31.9 Å². The number of thiophene rings is 1. The molecule has 30 heavy (non-hydrogen) atoms. The molecule has 1 N–H and O–H groups in total. The number of anilines is 1. The van der Waals surface area contributed by atoms with Crippen LogP contribution < -0.4 is 5.32 Å². The van der Waals surface area contributed by atoms with Crippen molar-refractivity contribution in [3.63, 3.8) is 0 Å². The Bertz CT molecular complexity index is 1090. The van der Waals surface area contributed by atoms with Gasteiger partial charge in [0.05, 0.1) is 12.7 Å². The van der Waals surface area contributed by atoms with Crippen molar-refractivity contribution in [1.29, 1.82) is 0 Å². The number of ether oxygens (including phenoxy) is 2. The van der Waals surface area contributed by atoms with Gasteiger partial charge in [0.1, 0.15) is 16.3 Å². The van der Waals surface area contributed by atoms with E-state index < -0.39 is 24.5 Å². The Labute approximate surface area is 179 Å². The number of rotatable bonds is 7. The van der Waals surface area contributed by atoms with Crippen LogP contribution in [0.2, 0.25) is 0 Å². The van der Waals surface area contributed by atoms with Gasteiger partial charge in [-0.25, -0.2) is 9.78 Å². The maximum atomic E-state index is 12.2. The number of amides is 1. The van der Waals surface area contributed by atoms with Gasteiger partial charge in [0.2, 0.25) is 0 Å². The van der Waals surface area contributed by atoms with Crippen LogP contribution in [0.3, 0.4) is 0 Å². The first-order chi connectivity index (χ1) is 14.5. The Morgan fingerprint density at radius 2 is 2.10 bits per heavy atom. The largest absolute Gasteiger partial charge is 0.465 e. The molecule has 0 saturated heterocycles. The molecule has 0 fully saturated rings. The number of methoxy groups -OCH3 is 1. The minimum Gasteiger partial charge on any atom is -0.465 e. The lowest BCUT2D eigenvalue weighted by molar-refractivity contribution is -0.144. The van der Waals surface area contributed by atoms with Crippen molar-refractivity contribution in [1.82, 2.24) is 4.98 Å². The molecule has 0 atom stereocenters. The lowest BCUT2D eigenvalue weighted by atomic mass is 10.1. The Morgan fingerprint density at radius 1 is 1.27 bits per heavy atom. The van der Waals surface area contributed by atoms with Crippen molar-refractivity contribution >= 4 is 57.0 Å². The van der Waals surface area contributed by atoms with Gasteiger partial charge < -0.3 is 19.2 Å². The standard InChI is InChI=1S/C20H18N2O6S2/c1-26-19(25)17-11-5-4-8-14(11)30-18(17)22-15(23)9-27-16(24)10-29-20-21-12-6-2-3-7-13(12)28-20/h2-3,6-7H,4-5,8-10H2,1H3,(H,22,23). The first kappa shape index (κ1) is 20.4. The smallest absolute Gasteiger partial charge is 0.341 e. The molecule has 0 bridgehead atoms. The fourth-order valence-electron chi connectivity index (χ4n) is 3.19. The first-order valence-electron chi connectivity index (χ1n) is 9.22. The van der Waals surface area contributed by atoms with Crippen molar-refractivity contribution in [3.05, 3.63) is 40.3 Å². The fourth-order valence-corrected chi connectivity index (χ4v) is 5.12. The van der Waals surface area contributed by atoms with Crippen LogP contribution in [0, 0.1) is 0 Å². The van der Waals surface area contributed by atoms with E-state index in [1.807, 2.05) is 18.2 Å². The number of hydrogen-bond acceptors (Lipinski definition) is 9. The molecule has 1 aromatic carbocycles. The lowest BCUT2D eigenvalue weighted by Gasteiger charge is -2.07. The van der Waals surface area contributed by atoms with Crippen molar-refractivity contribution in [3.8, 4) is 0 Å². The Balaban J connectivity index is 1.29. The van der Waals surface area contributed by atoms with Gasteiger partial charge in [0, 0.05) is 4.88 Å². The zero-order valence-corrected chi connectivity index (χ0v) is 17.7. The molecular weight excluding hydrogens is 428 g/mol. The van der Waals surface area contributed by atoms with Crippen LogP contribution in [0.5, 0.6) is 0 Å². The molecule has 8 nitrogen and oxygen atoms in total. The second-order valence-electron chi connectivity index (χ2n) is 6.50. The minimum atomic E-state index is -0.570. The number of para-hydroxylation sites is 2. The van der Waals surface area contributed by atoms with Crippen molar-refractivity contribution in [2.45, 2.75) is 24.5 Å². The third-order valence-corrected chi connectivity index (χ3v) is 6.52. The van der Waals surface area contributed by atoms with Gasteiger partial charge in [-0.1, -0.05) is 23.9 Å². The monoisotopic (exact) mass is 446 g/mol. The third kappa shape index (κ3) is 4.34. The number of carbonyl (C=O) groups is 3. The fraction of sp³-hybridized carbons (Fsp3) is 0.300. The van der Waals surface area contributed by atoms with Gasteiger partial charge in [-0.15, -0.1) is 11.3 Å². The number of nitrogens with one attached hydrogen (secondary N) is 1. The van der Waals surface area contributed by atoms with Crippen LogP contribution in [0.15, 0.2) is 33.9 Å². The normalized spacial score (nSPS) is 12.6. The van der Waals surface area contributed by atoms with Gasteiger partial charge in [0.15, 0.2) is 12.2 Å². The van der Waals surface area contributed by atoms with E-state index in [1.165, 1.54) is 18.4 Å². The number of carbonyl (C=O) groups excluding carboxylic acids is 3. The first-order valence-corrected chi connectivity index (χ1v) is 11.0. The summed E-state index contributed by atoms with van der Waals surface area (Å²) < 4.78 is 15.4.